The van der Waals surface area contributed by atoms with Crippen LogP contribution in [0.25, 0.3) is 17.1 Å². The molecule has 0 unspecified atom stereocenters. The Morgan fingerprint density at radius 1 is 1.03 bits per heavy atom. The Hall–Kier alpha value is -3.87. The molecule has 1 N–H and O–H groups in total. The molecular formula is C23H20FN5O. The summed E-state index contributed by atoms with van der Waals surface area (Å²) in [6, 6.07) is 17.9. The zero-order chi connectivity index (χ0) is 21.1. The summed E-state index contributed by atoms with van der Waals surface area (Å²) in [6.45, 7) is 4.04. The summed E-state index contributed by atoms with van der Waals surface area (Å²) in [5, 5.41) is 11.2. The number of aromatic nitrogens is 4. The third-order valence-electron chi connectivity index (χ3n) is 4.88. The standard InChI is InChI=1S/C23H20FN5O/c1-15-7-3-4-8-17(15)14-26-23(30)21-22(20-9-5-6-12-25-20)29(28-27-21)18-10-11-19(24)16(2)13-18/h3-13H,14H2,1-2H3,(H,26,30). The molecule has 0 bridgehead atoms. The van der Waals surface area contributed by atoms with Crippen LogP contribution in [0.2, 0.25) is 0 Å². The summed E-state index contributed by atoms with van der Waals surface area (Å²) in [5.74, 6) is -0.668. The van der Waals surface area contributed by atoms with Crippen molar-refractivity contribution in [2.75, 3.05) is 0 Å². The van der Waals surface area contributed by atoms with E-state index >= 15 is 0 Å². The monoisotopic (exact) mass is 401 g/mol. The van der Waals surface area contributed by atoms with Crippen LogP contribution in [0.3, 0.4) is 0 Å². The van der Waals surface area contributed by atoms with Gasteiger partial charge in [-0.15, -0.1) is 5.10 Å². The number of hydrogen-bond acceptors (Lipinski definition) is 4. The minimum Gasteiger partial charge on any atom is -0.346 e. The molecule has 7 heteroatoms. The molecule has 1 amide bonds. The Morgan fingerprint density at radius 3 is 2.57 bits per heavy atom. The van der Waals surface area contributed by atoms with E-state index < -0.39 is 0 Å². The van der Waals surface area contributed by atoms with Gasteiger partial charge in [-0.25, -0.2) is 9.07 Å². The Bertz CT molecular complexity index is 1200. The van der Waals surface area contributed by atoms with Gasteiger partial charge in [-0.05, 0) is 60.9 Å². The average molecular weight is 401 g/mol. The highest BCUT2D eigenvalue weighted by molar-refractivity contribution is 5.97. The molecule has 0 atom stereocenters. The molecule has 2 aromatic carbocycles. The van der Waals surface area contributed by atoms with Crippen LogP contribution in [0.4, 0.5) is 4.39 Å². The summed E-state index contributed by atoms with van der Waals surface area (Å²) >= 11 is 0. The van der Waals surface area contributed by atoms with Crippen molar-refractivity contribution in [1.29, 1.82) is 0 Å². The predicted octanol–water partition coefficient (Wildman–Crippen LogP) is 4.02. The molecule has 0 radical (unpaired) electrons. The van der Waals surface area contributed by atoms with Gasteiger partial charge in [0.05, 0.1) is 11.4 Å². The van der Waals surface area contributed by atoms with Crippen molar-refractivity contribution in [3.8, 4) is 17.1 Å². The van der Waals surface area contributed by atoms with E-state index in [2.05, 4.69) is 20.6 Å². The lowest BCUT2D eigenvalue weighted by Crippen LogP contribution is -2.24. The number of carbonyl (C=O) groups is 1. The Kier molecular flexibility index (Phi) is 5.34. The Balaban J connectivity index is 1.73. The van der Waals surface area contributed by atoms with Gasteiger partial charge in [0.15, 0.2) is 5.69 Å². The van der Waals surface area contributed by atoms with E-state index in [1.807, 2.05) is 37.3 Å². The first-order chi connectivity index (χ1) is 14.5. The van der Waals surface area contributed by atoms with Crippen molar-refractivity contribution in [2.24, 2.45) is 0 Å². The maximum absolute atomic E-state index is 13.7. The summed E-state index contributed by atoms with van der Waals surface area (Å²) < 4.78 is 15.3. The molecule has 0 saturated heterocycles. The molecule has 30 heavy (non-hydrogen) atoms. The Morgan fingerprint density at radius 2 is 1.83 bits per heavy atom. The van der Waals surface area contributed by atoms with E-state index in [1.165, 1.54) is 10.7 Å². The van der Waals surface area contributed by atoms with Crippen molar-refractivity contribution in [3.63, 3.8) is 0 Å². The summed E-state index contributed by atoms with van der Waals surface area (Å²) in [6.07, 6.45) is 1.64. The highest BCUT2D eigenvalue weighted by Gasteiger charge is 2.23. The fourth-order valence-corrected chi connectivity index (χ4v) is 3.18. The first kappa shape index (κ1) is 19.4. The topological polar surface area (TPSA) is 72.7 Å². The number of benzene rings is 2. The molecule has 0 aliphatic carbocycles. The van der Waals surface area contributed by atoms with Gasteiger partial charge in [0.25, 0.3) is 5.91 Å². The van der Waals surface area contributed by atoms with Crippen LogP contribution in [0.5, 0.6) is 0 Å². The molecule has 4 aromatic rings. The number of amides is 1. The molecule has 6 nitrogen and oxygen atoms in total. The van der Waals surface area contributed by atoms with E-state index in [1.54, 1.807) is 37.4 Å². The van der Waals surface area contributed by atoms with Crippen molar-refractivity contribution >= 4 is 5.91 Å². The smallest absolute Gasteiger partial charge is 0.274 e. The molecule has 0 aliphatic heterocycles. The van der Waals surface area contributed by atoms with Crippen molar-refractivity contribution in [1.82, 2.24) is 25.3 Å². The first-order valence-electron chi connectivity index (χ1n) is 9.51. The van der Waals surface area contributed by atoms with E-state index in [-0.39, 0.29) is 17.4 Å². The molecule has 0 spiro atoms. The van der Waals surface area contributed by atoms with Crippen LogP contribution in [0.15, 0.2) is 66.9 Å². The van der Waals surface area contributed by atoms with E-state index in [0.29, 0.717) is 29.2 Å². The Labute approximate surface area is 173 Å². The van der Waals surface area contributed by atoms with Gasteiger partial charge in [0.1, 0.15) is 11.5 Å². The number of pyridine rings is 1. The summed E-state index contributed by atoms with van der Waals surface area (Å²) in [4.78, 5) is 17.3. The van der Waals surface area contributed by atoms with Gasteiger partial charge in [0, 0.05) is 12.7 Å². The normalized spacial score (nSPS) is 10.8. The largest absolute Gasteiger partial charge is 0.346 e. The highest BCUT2D eigenvalue weighted by Crippen LogP contribution is 2.24. The molecule has 2 heterocycles. The summed E-state index contributed by atoms with van der Waals surface area (Å²) in [7, 11) is 0. The van der Waals surface area contributed by atoms with Crippen LogP contribution in [-0.2, 0) is 6.54 Å². The van der Waals surface area contributed by atoms with Crippen LogP contribution >= 0.6 is 0 Å². The number of hydrogen-bond donors (Lipinski definition) is 1. The lowest BCUT2D eigenvalue weighted by atomic mass is 10.1. The zero-order valence-corrected chi connectivity index (χ0v) is 16.6. The maximum Gasteiger partial charge on any atom is 0.274 e. The molecule has 2 aromatic heterocycles. The molecular weight excluding hydrogens is 381 g/mol. The van der Waals surface area contributed by atoms with Gasteiger partial charge in [0.2, 0.25) is 0 Å². The van der Waals surface area contributed by atoms with Crippen molar-refractivity contribution in [3.05, 3.63) is 95.1 Å². The average Bonchev–Trinajstić information content (AvgIpc) is 3.21. The van der Waals surface area contributed by atoms with Crippen LogP contribution in [0, 0.1) is 19.7 Å². The third kappa shape index (κ3) is 3.82. The van der Waals surface area contributed by atoms with Crippen LogP contribution in [0.1, 0.15) is 27.2 Å². The molecule has 0 aliphatic rings. The summed E-state index contributed by atoms with van der Waals surface area (Å²) in [5.41, 5.74) is 4.33. The minimum absolute atomic E-state index is 0.157. The van der Waals surface area contributed by atoms with Gasteiger partial charge < -0.3 is 5.32 Å². The van der Waals surface area contributed by atoms with E-state index in [9.17, 15) is 9.18 Å². The van der Waals surface area contributed by atoms with Gasteiger partial charge in [-0.3, -0.25) is 9.78 Å². The number of halogens is 1. The van der Waals surface area contributed by atoms with Gasteiger partial charge >= 0.3 is 0 Å². The third-order valence-corrected chi connectivity index (χ3v) is 4.88. The van der Waals surface area contributed by atoms with Crippen molar-refractivity contribution in [2.45, 2.75) is 20.4 Å². The lowest BCUT2D eigenvalue weighted by molar-refractivity contribution is 0.0946. The fraction of sp³-hybridized carbons (Fsp3) is 0.130. The lowest BCUT2D eigenvalue weighted by Gasteiger charge is -2.10. The molecule has 0 saturated carbocycles. The van der Waals surface area contributed by atoms with E-state index in [4.69, 9.17) is 0 Å². The van der Waals surface area contributed by atoms with Gasteiger partial charge in [-0.2, -0.15) is 0 Å². The quantitative estimate of drug-likeness (QED) is 0.548. The molecule has 150 valence electrons. The second-order valence-electron chi connectivity index (χ2n) is 6.96. The van der Waals surface area contributed by atoms with Crippen molar-refractivity contribution < 1.29 is 9.18 Å². The van der Waals surface area contributed by atoms with Crippen LogP contribution < -0.4 is 5.32 Å². The predicted molar refractivity (Wildman–Crippen MR) is 112 cm³/mol. The fourth-order valence-electron chi connectivity index (χ4n) is 3.18. The SMILES string of the molecule is Cc1cc(-n2nnc(C(=O)NCc3ccccc3C)c2-c2ccccn2)ccc1F. The number of aryl methyl sites for hydroxylation is 2. The second kappa shape index (κ2) is 8.24. The van der Waals surface area contributed by atoms with E-state index in [0.717, 1.165) is 11.1 Å². The minimum atomic E-state index is -0.357. The number of nitrogens with one attached hydrogen (secondary N) is 1. The number of carbonyl (C=O) groups excluding carboxylic acids is 1. The van der Waals surface area contributed by atoms with Crippen LogP contribution in [-0.4, -0.2) is 25.9 Å². The maximum atomic E-state index is 13.7. The first-order valence-corrected chi connectivity index (χ1v) is 9.51. The number of nitrogens with zero attached hydrogens (tertiary/aromatic N) is 4. The molecule has 4 rings (SSSR count). The molecule has 0 fully saturated rings. The second-order valence-corrected chi connectivity index (χ2v) is 6.96. The van der Waals surface area contributed by atoms with Gasteiger partial charge in [-0.1, -0.05) is 35.5 Å². The zero-order valence-electron chi connectivity index (χ0n) is 16.6. The number of rotatable bonds is 5. The highest BCUT2D eigenvalue weighted by atomic mass is 19.1.